The van der Waals surface area contributed by atoms with Crippen molar-refractivity contribution in [2.45, 2.75) is 18.9 Å². The summed E-state index contributed by atoms with van der Waals surface area (Å²) in [5.41, 5.74) is 5.53. The van der Waals surface area contributed by atoms with E-state index in [-0.39, 0.29) is 6.10 Å². The second-order valence-electron chi connectivity index (χ2n) is 3.53. The Morgan fingerprint density at radius 2 is 2.00 bits per heavy atom. The maximum Gasteiger partial charge on any atom is 0.0705 e. The van der Waals surface area contributed by atoms with Gasteiger partial charge in [0.2, 0.25) is 0 Å². The zero-order valence-electron chi connectivity index (χ0n) is 9.66. The van der Waals surface area contributed by atoms with Crippen molar-refractivity contribution in [2.75, 3.05) is 47.5 Å². The minimum atomic E-state index is 0.194. The molecule has 0 spiro atoms. The molecule has 0 heterocycles. The highest BCUT2D eigenvalue weighted by Gasteiger charge is 2.06. The molecule has 2 N–H and O–H groups in total. The molecule has 0 fully saturated rings. The molecule has 0 aliphatic rings. The lowest BCUT2D eigenvalue weighted by atomic mass is 10.2. The third-order valence-electron chi connectivity index (χ3n) is 2.32. The van der Waals surface area contributed by atoms with E-state index in [2.05, 4.69) is 11.9 Å². The molecule has 4 heteroatoms. The number of nitrogens with two attached hydrogens (primary N) is 1. The average Bonchev–Trinajstić information content (AvgIpc) is 2.20. The molecule has 0 radical (unpaired) electrons. The Kier molecular flexibility index (Phi) is 9.29. The van der Waals surface area contributed by atoms with Crippen LogP contribution in [0.5, 0.6) is 0 Å². The minimum absolute atomic E-state index is 0.194. The van der Waals surface area contributed by atoms with E-state index in [1.54, 1.807) is 14.2 Å². The first-order valence-corrected chi connectivity index (χ1v) is 5.15. The van der Waals surface area contributed by atoms with Gasteiger partial charge in [-0.1, -0.05) is 0 Å². The molecular formula is C10H24N2O2. The van der Waals surface area contributed by atoms with Gasteiger partial charge in [-0.15, -0.1) is 0 Å². The van der Waals surface area contributed by atoms with Crippen LogP contribution in [0.25, 0.3) is 0 Å². The second kappa shape index (κ2) is 9.40. The van der Waals surface area contributed by atoms with E-state index in [1.165, 1.54) is 0 Å². The highest BCUT2D eigenvalue weighted by molar-refractivity contribution is 4.61. The van der Waals surface area contributed by atoms with Crippen LogP contribution in [-0.2, 0) is 9.47 Å². The van der Waals surface area contributed by atoms with Crippen LogP contribution in [0.15, 0.2) is 0 Å². The van der Waals surface area contributed by atoms with Crippen LogP contribution >= 0.6 is 0 Å². The maximum absolute atomic E-state index is 5.53. The number of ether oxygens (including phenoxy) is 2. The van der Waals surface area contributed by atoms with Gasteiger partial charge < -0.3 is 20.1 Å². The highest BCUT2D eigenvalue weighted by atomic mass is 16.5. The van der Waals surface area contributed by atoms with Crippen molar-refractivity contribution < 1.29 is 9.47 Å². The molecule has 86 valence electrons. The van der Waals surface area contributed by atoms with Crippen LogP contribution in [0.4, 0.5) is 0 Å². The molecule has 0 bridgehead atoms. The van der Waals surface area contributed by atoms with E-state index in [0.29, 0.717) is 6.54 Å². The normalized spacial score (nSPS) is 13.5. The van der Waals surface area contributed by atoms with Crippen molar-refractivity contribution in [3.63, 3.8) is 0 Å². The largest absolute Gasteiger partial charge is 0.385 e. The first-order chi connectivity index (χ1) is 6.74. The fourth-order valence-corrected chi connectivity index (χ4v) is 1.29. The lowest BCUT2D eigenvalue weighted by Gasteiger charge is -2.19. The van der Waals surface area contributed by atoms with Gasteiger partial charge in [0.05, 0.1) is 6.10 Å². The van der Waals surface area contributed by atoms with Crippen LogP contribution < -0.4 is 5.73 Å². The van der Waals surface area contributed by atoms with Gasteiger partial charge >= 0.3 is 0 Å². The Bertz CT molecular complexity index is 119. The van der Waals surface area contributed by atoms with E-state index in [0.717, 1.165) is 32.5 Å². The van der Waals surface area contributed by atoms with Crippen LogP contribution in [0, 0.1) is 0 Å². The first-order valence-electron chi connectivity index (χ1n) is 5.15. The Hall–Kier alpha value is -0.160. The lowest BCUT2D eigenvalue weighted by molar-refractivity contribution is 0.0911. The van der Waals surface area contributed by atoms with Gasteiger partial charge in [-0.2, -0.15) is 0 Å². The van der Waals surface area contributed by atoms with Crippen molar-refractivity contribution in [1.29, 1.82) is 0 Å². The summed E-state index contributed by atoms with van der Waals surface area (Å²) in [6.07, 6.45) is 2.27. The predicted molar refractivity (Wildman–Crippen MR) is 58.5 cm³/mol. The number of nitrogens with zero attached hydrogens (tertiary/aromatic N) is 1. The molecule has 0 aliphatic carbocycles. The van der Waals surface area contributed by atoms with Crippen molar-refractivity contribution in [2.24, 2.45) is 5.73 Å². The van der Waals surface area contributed by atoms with E-state index < -0.39 is 0 Å². The summed E-state index contributed by atoms with van der Waals surface area (Å²) in [6.45, 7) is 3.52. The summed E-state index contributed by atoms with van der Waals surface area (Å²) < 4.78 is 10.2. The van der Waals surface area contributed by atoms with Crippen LogP contribution in [0.2, 0.25) is 0 Å². The number of rotatable bonds is 9. The van der Waals surface area contributed by atoms with Crippen molar-refractivity contribution in [3.05, 3.63) is 0 Å². The average molecular weight is 204 g/mol. The zero-order valence-corrected chi connectivity index (χ0v) is 9.66. The smallest absolute Gasteiger partial charge is 0.0705 e. The monoisotopic (exact) mass is 204 g/mol. The van der Waals surface area contributed by atoms with E-state index in [1.807, 2.05) is 0 Å². The standard InChI is InChI=1S/C10H24N2O2/c1-12(6-4-8-13-2)7-5-10(9-11)14-3/h10H,4-9,11H2,1-3H3. The van der Waals surface area contributed by atoms with Gasteiger partial charge in [-0.25, -0.2) is 0 Å². The quantitative estimate of drug-likeness (QED) is 0.549. The Labute approximate surface area is 87.4 Å². The molecule has 0 aromatic rings. The second-order valence-corrected chi connectivity index (χ2v) is 3.53. The van der Waals surface area contributed by atoms with Crippen LogP contribution in [0.3, 0.4) is 0 Å². The number of methoxy groups -OCH3 is 2. The predicted octanol–water partition coefficient (Wildman–Crippen LogP) is 0.319. The molecule has 4 nitrogen and oxygen atoms in total. The molecule has 0 saturated heterocycles. The minimum Gasteiger partial charge on any atom is -0.385 e. The summed E-state index contributed by atoms with van der Waals surface area (Å²) in [5, 5.41) is 0. The Morgan fingerprint density at radius 3 is 2.50 bits per heavy atom. The zero-order chi connectivity index (χ0) is 10.8. The van der Waals surface area contributed by atoms with E-state index >= 15 is 0 Å². The maximum atomic E-state index is 5.53. The molecule has 1 unspecified atom stereocenters. The molecule has 0 amide bonds. The third kappa shape index (κ3) is 7.26. The molecule has 0 aromatic carbocycles. The first kappa shape index (κ1) is 13.8. The van der Waals surface area contributed by atoms with Gasteiger partial charge in [0, 0.05) is 40.5 Å². The fraction of sp³-hybridized carbons (Fsp3) is 1.00. The highest BCUT2D eigenvalue weighted by Crippen LogP contribution is 1.97. The molecule has 0 saturated carbocycles. The fourth-order valence-electron chi connectivity index (χ4n) is 1.29. The molecule has 0 aliphatic heterocycles. The van der Waals surface area contributed by atoms with E-state index in [9.17, 15) is 0 Å². The summed E-state index contributed by atoms with van der Waals surface area (Å²) in [5.74, 6) is 0. The van der Waals surface area contributed by atoms with Gasteiger partial charge in [-0.05, 0) is 19.9 Å². The van der Waals surface area contributed by atoms with Gasteiger partial charge in [0.1, 0.15) is 0 Å². The Morgan fingerprint density at radius 1 is 1.29 bits per heavy atom. The van der Waals surface area contributed by atoms with Crippen LogP contribution in [0.1, 0.15) is 12.8 Å². The lowest BCUT2D eigenvalue weighted by Crippen LogP contribution is -2.29. The number of hydrogen-bond acceptors (Lipinski definition) is 4. The molecular weight excluding hydrogens is 180 g/mol. The molecule has 14 heavy (non-hydrogen) atoms. The van der Waals surface area contributed by atoms with Gasteiger partial charge in [-0.3, -0.25) is 0 Å². The number of hydrogen-bond donors (Lipinski definition) is 1. The third-order valence-corrected chi connectivity index (χ3v) is 2.32. The van der Waals surface area contributed by atoms with Gasteiger partial charge in [0.25, 0.3) is 0 Å². The van der Waals surface area contributed by atoms with Crippen molar-refractivity contribution in [1.82, 2.24) is 4.90 Å². The molecule has 0 rings (SSSR count). The topological polar surface area (TPSA) is 47.7 Å². The summed E-state index contributed by atoms with van der Waals surface area (Å²) in [6, 6.07) is 0. The van der Waals surface area contributed by atoms with Crippen LogP contribution in [-0.4, -0.2) is 58.5 Å². The summed E-state index contributed by atoms with van der Waals surface area (Å²) >= 11 is 0. The Balaban J connectivity index is 3.37. The van der Waals surface area contributed by atoms with E-state index in [4.69, 9.17) is 15.2 Å². The SMILES string of the molecule is COCCCN(C)CCC(CN)OC. The summed E-state index contributed by atoms with van der Waals surface area (Å²) in [7, 11) is 5.55. The summed E-state index contributed by atoms with van der Waals surface area (Å²) in [4.78, 5) is 2.28. The van der Waals surface area contributed by atoms with Crippen molar-refractivity contribution >= 4 is 0 Å². The van der Waals surface area contributed by atoms with Crippen molar-refractivity contribution in [3.8, 4) is 0 Å². The molecule has 1 atom stereocenters. The van der Waals surface area contributed by atoms with Gasteiger partial charge in [0.15, 0.2) is 0 Å². The molecule has 0 aromatic heterocycles.